The van der Waals surface area contributed by atoms with Crippen LogP contribution in [0.1, 0.15) is 32.6 Å². The lowest BCUT2D eigenvalue weighted by molar-refractivity contribution is -0.136. The van der Waals surface area contributed by atoms with Crippen LogP contribution in [0.2, 0.25) is 0 Å². The van der Waals surface area contributed by atoms with Crippen LogP contribution < -0.4 is 5.32 Å². The molecule has 0 aromatic rings. The van der Waals surface area contributed by atoms with E-state index in [4.69, 9.17) is 5.11 Å². The molecule has 0 aliphatic heterocycles. The van der Waals surface area contributed by atoms with Crippen molar-refractivity contribution >= 4 is 33.5 Å². The molecule has 6 heteroatoms. The van der Waals surface area contributed by atoms with Gasteiger partial charge in [0, 0.05) is 24.0 Å². The van der Waals surface area contributed by atoms with Crippen LogP contribution in [-0.4, -0.2) is 35.0 Å². The van der Waals surface area contributed by atoms with Gasteiger partial charge in [-0.15, -0.1) is 0 Å². The molecule has 0 saturated heterocycles. The Morgan fingerprint density at radius 3 is 2.61 bits per heavy atom. The van der Waals surface area contributed by atoms with Gasteiger partial charge >= 0.3 is 5.97 Å². The number of carbonyl (C=O) groups excluding carboxylic acids is 1. The van der Waals surface area contributed by atoms with E-state index < -0.39 is 5.97 Å². The van der Waals surface area contributed by atoms with Crippen molar-refractivity contribution in [3.63, 3.8) is 0 Å². The van der Waals surface area contributed by atoms with E-state index in [0.717, 1.165) is 18.6 Å². The molecular weight excluding hydrogens is 270 g/mol. The molecule has 0 bridgehead atoms. The monoisotopic (exact) mass is 291 g/mol. The Kier molecular flexibility index (Phi) is 7.58. The minimum absolute atomic E-state index is 0.191. The van der Waals surface area contributed by atoms with E-state index in [9.17, 15) is 9.59 Å². The lowest BCUT2D eigenvalue weighted by Gasteiger charge is -2.14. The summed E-state index contributed by atoms with van der Waals surface area (Å²) in [5.41, 5.74) is 0. The number of nitrogens with one attached hydrogen (secondary N) is 1. The molecular formula is C12H21NO3S2. The predicted octanol–water partition coefficient (Wildman–Crippen LogP) is 2.39. The molecule has 4 nitrogen and oxygen atoms in total. The van der Waals surface area contributed by atoms with E-state index in [1.54, 1.807) is 21.6 Å². The van der Waals surface area contributed by atoms with Crippen molar-refractivity contribution in [2.24, 2.45) is 11.8 Å². The molecule has 0 aromatic carbocycles. The molecule has 1 aliphatic rings. The third-order valence-corrected chi connectivity index (χ3v) is 5.57. The molecule has 104 valence electrons. The average molecular weight is 291 g/mol. The van der Waals surface area contributed by atoms with Crippen LogP contribution in [0.3, 0.4) is 0 Å². The van der Waals surface area contributed by atoms with Crippen LogP contribution in [0.25, 0.3) is 0 Å². The van der Waals surface area contributed by atoms with Crippen molar-refractivity contribution < 1.29 is 14.7 Å². The van der Waals surface area contributed by atoms with Gasteiger partial charge in [-0.3, -0.25) is 9.59 Å². The second kappa shape index (κ2) is 8.69. The number of amides is 1. The summed E-state index contributed by atoms with van der Waals surface area (Å²) in [7, 11) is 3.17. The lowest BCUT2D eigenvalue weighted by Crippen LogP contribution is -2.33. The first kappa shape index (κ1) is 15.7. The van der Waals surface area contributed by atoms with Crippen molar-refractivity contribution in [1.82, 2.24) is 5.32 Å². The summed E-state index contributed by atoms with van der Waals surface area (Å²) >= 11 is 0. The zero-order chi connectivity index (χ0) is 13.4. The molecule has 2 atom stereocenters. The maximum absolute atomic E-state index is 11.8. The zero-order valence-corrected chi connectivity index (χ0v) is 12.3. The van der Waals surface area contributed by atoms with Crippen molar-refractivity contribution in [2.45, 2.75) is 32.6 Å². The standard InChI is InChI=1S/C12H21NO3S2/c1-9-3-2-4-10(9)12(16)13-6-8-18-17-7-5-11(14)15/h9-10H,2-8H2,1H3,(H,13,16)(H,14,15). The van der Waals surface area contributed by atoms with E-state index in [0.29, 0.717) is 18.2 Å². The van der Waals surface area contributed by atoms with Crippen LogP contribution >= 0.6 is 21.6 Å². The van der Waals surface area contributed by atoms with Gasteiger partial charge in [-0.2, -0.15) is 0 Å². The van der Waals surface area contributed by atoms with E-state index >= 15 is 0 Å². The van der Waals surface area contributed by atoms with Gasteiger partial charge in [0.2, 0.25) is 5.91 Å². The molecule has 0 heterocycles. The van der Waals surface area contributed by atoms with E-state index in [-0.39, 0.29) is 18.2 Å². The highest BCUT2D eigenvalue weighted by molar-refractivity contribution is 8.76. The minimum atomic E-state index is -0.758. The van der Waals surface area contributed by atoms with Gasteiger partial charge in [-0.05, 0) is 18.8 Å². The average Bonchev–Trinajstić information content (AvgIpc) is 2.73. The molecule has 2 unspecified atom stereocenters. The highest BCUT2D eigenvalue weighted by Crippen LogP contribution is 2.31. The van der Waals surface area contributed by atoms with Crippen molar-refractivity contribution in [2.75, 3.05) is 18.1 Å². The number of carboxylic acid groups (broad SMARTS) is 1. The maximum Gasteiger partial charge on any atom is 0.304 e. The summed E-state index contributed by atoms with van der Waals surface area (Å²) in [4.78, 5) is 22.1. The maximum atomic E-state index is 11.8. The molecule has 1 saturated carbocycles. The zero-order valence-electron chi connectivity index (χ0n) is 10.7. The smallest absolute Gasteiger partial charge is 0.304 e. The van der Waals surface area contributed by atoms with Crippen LogP contribution in [0.4, 0.5) is 0 Å². The van der Waals surface area contributed by atoms with Crippen molar-refractivity contribution in [3.05, 3.63) is 0 Å². The molecule has 1 aliphatic carbocycles. The summed E-state index contributed by atoms with van der Waals surface area (Å²) in [5, 5.41) is 11.4. The van der Waals surface area contributed by atoms with Gasteiger partial charge in [0.1, 0.15) is 0 Å². The largest absolute Gasteiger partial charge is 0.481 e. The molecule has 2 N–H and O–H groups in total. The summed E-state index contributed by atoms with van der Waals surface area (Å²) in [5.74, 6) is 1.60. The Morgan fingerprint density at radius 2 is 2.00 bits per heavy atom. The molecule has 0 spiro atoms. The number of carbonyl (C=O) groups is 2. The van der Waals surface area contributed by atoms with Crippen LogP contribution in [-0.2, 0) is 9.59 Å². The third kappa shape index (κ3) is 6.00. The van der Waals surface area contributed by atoms with Gasteiger partial charge in [-0.1, -0.05) is 34.9 Å². The van der Waals surface area contributed by atoms with E-state index in [1.165, 1.54) is 6.42 Å². The molecule has 0 aromatic heterocycles. The van der Waals surface area contributed by atoms with Crippen LogP contribution in [0, 0.1) is 11.8 Å². The fraction of sp³-hybridized carbons (Fsp3) is 0.833. The van der Waals surface area contributed by atoms with Gasteiger partial charge in [0.25, 0.3) is 0 Å². The number of rotatable bonds is 8. The highest BCUT2D eigenvalue weighted by Gasteiger charge is 2.29. The first-order valence-corrected chi connectivity index (χ1v) is 8.84. The second-order valence-electron chi connectivity index (χ2n) is 4.59. The Labute approximate surface area is 116 Å². The van der Waals surface area contributed by atoms with Crippen molar-refractivity contribution in [1.29, 1.82) is 0 Å². The first-order chi connectivity index (χ1) is 8.61. The van der Waals surface area contributed by atoms with Gasteiger partial charge in [0.15, 0.2) is 0 Å². The van der Waals surface area contributed by atoms with E-state index in [1.807, 2.05) is 0 Å². The molecule has 1 amide bonds. The topological polar surface area (TPSA) is 66.4 Å². The fourth-order valence-corrected chi connectivity index (χ4v) is 4.01. The summed E-state index contributed by atoms with van der Waals surface area (Å²) in [6.07, 6.45) is 3.55. The number of hydrogen-bond donors (Lipinski definition) is 2. The van der Waals surface area contributed by atoms with Crippen LogP contribution in [0.5, 0.6) is 0 Å². The summed E-state index contributed by atoms with van der Waals surface area (Å²) < 4.78 is 0. The number of hydrogen-bond acceptors (Lipinski definition) is 4. The molecule has 18 heavy (non-hydrogen) atoms. The Bertz CT molecular complexity index is 286. The van der Waals surface area contributed by atoms with E-state index in [2.05, 4.69) is 12.2 Å². The highest BCUT2D eigenvalue weighted by atomic mass is 33.1. The summed E-state index contributed by atoms with van der Waals surface area (Å²) in [6.45, 7) is 2.82. The second-order valence-corrected chi connectivity index (χ2v) is 7.30. The van der Waals surface area contributed by atoms with Gasteiger partial charge in [0.05, 0.1) is 6.42 Å². The quantitative estimate of drug-likeness (QED) is 0.531. The number of aliphatic carboxylic acids is 1. The third-order valence-electron chi connectivity index (χ3n) is 3.17. The minimum Gasteiger partial charge on any atom is -0.481 e. The van der Waals surface area contributed by atoms with Crippen molar-refractivity contribution in [3.8, 4) is 0 Å². The number of carboxylic acids is 1. The van der Waals surface area contributed by atoms with Crippen LogP contribution in [0.15, 0.2) is 0 Å². The van der Waals surface area contributed by atoms with Gasteiger partial charge < -0.3 is 10.4 Å². The first-order valence-electron chi connectivity index (χ1n) is 6.35. The Balaban J connectivity index is 1.97. The molecule has 1 fully saturated rings. The Morgan fingerprint density at radius 1 is 1.28 bits per heavy atom. The molecule has 0 radical (unpaired) electrons. The lowest BCUT2D eigenvalue weighted by atomic mass is 9.97. The molecule has 1 rings (SSSR count). The normalized spacial score (nSPS) is 22.9. The summed E-state index contributed by atoms with van der Waals surface area (Å²) in [6, 6.07) is 0. The SMILES string of the molecule is CC1CCCC1C(=O)NCCSSCCC(=O)O. The fourth-order valence-electron chi connectivity index (χ4n) is 2.13. The predicted molar refractivity (Wildman–Crippen MR) is 76.7 cm³/mol. The van der Waals surface area contributed by atoms with Gasteiger partial charge in [-0.25, -0.2) is 0 Å². The Hall–Kier alpha value is -0.360.